The SMILES string of the molecule is N#CCc1ccc(Oc2cc(Cl)nc(C(F)(F)F)n2)cc1. The Morgan fingerprint density at radius 1 is 1.19 bits per heavy atom. The van der Waals surface area contributed by atoms with Crippen molar-refractivity contribution < 1.29 is 17.9 Å². The van der Waals surface area contributed by atoms with Gasteiger partial charge in [-0.15, -0.1) is 0 Å². The van der Waals surface area contributed by atoms with Crippen molar-refractivity contribution in [1.29, 1.82) is 5.26 Å². The van der Waals surface area contributed by atoms with Gasteiger partial charge in [-0.3, -0.25) is 0 Å². The molecule has 108 valence electrons. The fourth-order valence-electron chi connectivity index (χ4n) is 1.46. The molecule has 2 rings (SSSR count). The first-order valence-electron chi connectivity index (χ1n) is 5.64. The van der Waals surface area contributed by atoms with E-state index in [1.165, 1.54) is 12.1 Å². The lowest BCUT2D eigenvalue weighted by molar-refractivity contribution is -0.145. The molecule has 0 amide bonds. The maximum atomic E-state index is 12.6. The Morgan fingerprint density at radius 3 is 2.43 bits per heavy atom. The van der Waals surface area contributed by atoms with Gasteiger partial charge in [-0.2, -0.15) is 23.4 Å². The van der Waals surface area contributed by atoms with Crippen molar-refractivity contribution in [3.8, 4) is 17.7 Å². The highest BCUT2D eigenvalue weighted by Crippen LogP contribution is 2.30. The number of nitriles is 1. The number of ether oxygens (including phenoxy) is 1. The van der Waals surface area contributed by atoms with Crippen molar-refractivity contribution in [2.45, 2.75) is 12.6 Å². The molecule has 8 heteroatoms. The Kier molecular flexibility index (Phi) is 4.29. The third kappa shape index (κ3) is 4.07. The highest BCUT2D eigenvalue weighted by atomic mass is 35.5. The average molecular weight is 314 g/mol. The van der Waals surface area contributed by atoms with Gasteiger partial charge in [-0.05, 0) is 17.7 Å². The second kappa shape index (κ2) is 5.97. The lowest BCUT2D eigenvalue weighted by atomic mass is 10.2. The molecule has 0 N–H and O–H groups in total. The van der Waals surface area contributed by atoms with E-state index in [4.69, 9.17) is 21.6 Å². The van der Waals surface area contributed by atoms with Crippen molar-refractivity contribution in [2.75, 3.05) is 0 Å². The Hall–Kier alpha value is -2.33. The molecule has 1 aromatic carbocycles. The molecule has 1 aromatic heterocycles. The Balaban J connectivity index is 2.23. The van der Waals surface area contributed by atoms with E-state index in [1.807, 2.05) is 6.07 Å². The van der Waals surface area contributed by atoms with Crippen molar-refractivity contribution in [3.05, 3.63) is 46.9 Å². The Morgan fingerprint density at radius 2 is 1.86 bits per heavy atom. The van der Waals surface area contributed by atoms with E-state index in [-0.39, 0.29) is 23.2 Å². The summed E-state index contributed by atoms with van der Waals surface area (Å²) in [6, 6.07) is 9.37. The Labute approximate surface area is 122 Å². The first-order valence-corrected chi connectivity index (χ1v) is 6.02. The molecule has 21 heavy (non-hydrogen) atoms. The summed E-state index contributed by atoms with van der Waals surface area (Å²) in [6.45, 7) is 0. The normalized spacial score (nSPS) is 11.0. The van der Waals surface area contributed by atoms with Gasteiger partial charge >= 0.3 is 6.18 Å². The van der Waals surface area contributed by atoms with Crippen LogP contribution in [0.1, 0.15) is 11.4 Å². The number of rotatable bonds is 3. The molecule has 0 bridgehead atoms. The monoisotopic (exact) mass is 313 g/mol. The van der Waals surface area contributed by atoms with Crippen molar-refractivity contribution >= 4 is 11.6 Å². The molecule has 0 saturated heterocycles. The predicted molar refractivity (Wildman–Crippen MR) is 67.9 cm³/mol. The van der Waals surface area contributed by atoms with Gasteiger partial charge in [0.25, 0.3) is 0 Å². The van der Waals surface area contributed by atoms with E-state index in [0.717, 1.165) is 11.6 Å². The molecule has 0 aliphatic heterocycles. The van der Waals surface area contributed by atoms with Gasteiger partial charge in [-0.25, -0.2) is 4.98 Å². The van der Waals surface area contributed by atoms with Crippen LogP contribution in [-0.4, -0.2) is 9.97 Å². The van der Waals surface area contributed by atoms with E-state index in [9.17, 15) is 13.2 Å². The molecule has 4 nitrogen and oxygen atoms in total. The molecule has 0 spiro atoms. The molecule has 0 radical (unpaired) electrons. The van der Waals surface area contributed by atoms with Crippen LogP contribution in [-0.2, 0) is 12.6 Å². The van der Waals surface area contributed by atoms with E-state index >= 15 is 0 Å². The highest BCUT2D eigenvalue weighted by molar-refractivity contribution is 6.29. The van der Waals surface area contributed by atoms with E-state index in [0.29, 0.717) is 0 Å². The van der Waals surface area contributed by atoms with E-state index in [2.05, 4.69) is 9.97 Å². The number of benzene rings is 1. The van der Waals surface area contributed by atoms with Crippen LogP contribution in [0.4, 0.5) is 13.2 Å². The molecule has 0 aliphatic carbocycles. The molecular weight excluding hydrogens is 307 g/mol. The third-order valence-corrected chi connectivity index (χ3v) is 2.55. The lowest BCUT2D eigenvalue weighted by Gasteiger charge is -2.09. The summed E-state index contributed by atoms with van der Waals surface area (Å²) in [5.74, 6) is -1.40. The molecule has 0 atom stereocenters. The van der Waals surface area contributed by atoms with Gasteiger partial charge in [0.15, 0.2) is 0 Å². The minimum atomic E-state index is -4.71. The number of halogens is 4. The number of hydrogen-bond donors (Lipinski definition) is 0. The first-order chi connectivity index (χ1) is 9.88. The maximum absolute atomic E-state index is 12.6. The van der Waals surface area contributed by atoms with Gasteiger partial charge in [0.2, 0.25) is 11.7 Å². The summed E-state index contributed by atoms with van der Waals surface area (Å²) in [5, 5.41) is 8.17. The Bertz CT molecular complexity index is 681. The van der Waals surface area contributed by atoms with Crippen LogP contribution >= 0.6 is 11.6 Å². The van der Waals surface area contributed by atoms with Crippen molar-refractivity contribution in [3.63, 3.8) is 0 Å². The maximum Gasteiger partial charge on any atom is 0.451 e. The van der Waals surface area contributed by atoms with Crippen molar-refractivity contribution in [2.24, 2.45) is 0 Å². The summed E-state index contributed by atoms with van der Waals surface area (Å²) in [7, 11) is 0. The van der Waals surface area contributed by atoms with Crippen molar-refractivity contribution in [1.82, 2.24) is 9.97 Å². The van der Waals surface area contributed by atoms with Crippen LogP contribution in [0.3, 0.4) is 0 Å². The number of aromatic nitrogens is 2. The first kappa shape index (κ1) is 15.1. The summed E-state index contributed by atoms with van der Waals surface area (Å²) in [6.07, 6.45) is -4.47. The van der Waals surface area contributed by atoms with Crippen LogP contribution in [0.25, 0.3) is 0 Å². The molecule has 0 fully saturated rings. The molecule has 1 heterocycles. The van der Waals surface area contributed by atoms with Gasteiger partial charge in [0.05, 0.1) is 12.5 Å². The van der Waals surface area contributed by atoms with Gasteiger partial charge in [-0.1, -0.05) is 23.7 Å². The average Bonchev–Trinajstić information content (AvgIpc) is 2.40. The topological polar surface area (TPSA) is 58.8 Å². The molecule has 0 aliphatic rings. The van der Waals surface area contributed by atoms with Crippen LogP contribution in [0.2, 0.25) is 5.15 Å². The number of hydrogen-bond acceptors (Lipinski definition) is 4. The molecule has 0 saturated carbocycles. The zero-order valence-corrected chi connectivity index (χ0v) is 11.1. The lowest BCUT2D eigenvalue weighted by Crippen LogP contribution is -2.11. The van der Waals surface area contributed by atoms with E-state index < -0.39 is 12.0 Å². The highest BCUT2D eigenvalue weighted by Gasteiger charge is 2.35. The third-order valence-electron chi connectivity index (χ3n) is 2.35. The summed E-state index contributed by atoms with van der Waals surface area (Å²) in [5.41, 5.74) is 0.765. The molecule has 2 aromatic rings. The summed E-state index contributed by atoms with van der Waals surface area (Å²) >= 11 is 5.52. The standard InChI is InChI=1S/C13H7ClF3N3O/c14-10-7-11(20-12(19-10)13(15,16)17)21-9-3-1-8(2-4-9)5-6-18/h1-4,7H,5H2. The van der Waals surface area contributed by atoms with Crippen LogP contribution < -0.4 is 4.74 Å². The number of alkyl halides is 3. The molecular formula is C13H7ClF3N3O. The van der Waals surface area contributed by atoms with Gasteiger partial charge in [0.1, 0.15) is 10.9 Å². The zero-order valence-electron chi connectivity index (χ0n) is 10.4. The largest absolute Gasteiger partial charge is 0.451 e. The quantitative estimate of drug-likeness (QED) is 0.803. The molecule has 0 unspecified atom stereocenters. The number of nitrogens with zero attached hydrogens (tertiary/aromatic N) is 3. The fraction of sp³-hybridized carbons (Fsp3) is 0.154. The van der Waals surface area contributed by atoms with Gasteiger partial charge < -0.3 is 4.74 Å². The summed E-state index contributed by atoms with van der Waals surface area (Å²) in [4.78, 5) is 6.36. The van der Waals surface area contributed by atoms with Crippen LogP contribution in [0.15, 0.2) is 30.3 Å². The minimum absolute atomic E-state index is 0.234. The van der Waals surface area contributed by atoms with Crippen LogP contribution in [0.5, 0.6) is 11.6 Å². The second-order valence-electron chi connectivity index (χ2n) is 3.93. The fourth-order valence-corrected chi connectivity index (χ4v) is 1.64. The second-order valence-corrected chi connectivity index (χ2v) is 4.32. The zero-order chi connectivity index (χ0) is 15.5. The van der Waals surface area contributed by atoms with E-state index in [1.54, 1.807) is 12.1 Å². The smallest absolute Gasteiger partial charge is 0.439 e. The minimum Gasteiger partial charge on any atom is -0.439 e. The predicted octanol–water partition coefficient (Wildman–Crippen LogP) is 4.01. The summed E-state index contributed by atoms with van der Waals surface area (Å²) < 4.78 is 42.9. The van der Waals surface area contributed by atoms with Crippen LogP contribution in [0, 0.1) is 11.3 Å². The van der Waals surface area contributed by atoms with Gasteiger partial charge in [0, 0.05) is 6.07 Å².